The van der Waals surface area contributed by atoms with E-state index in [4.69, 9.17) is 0 Å². The number of nitriles is 1. The number of aryl methyl sites for hydroxylation is 1. The quantitative estimate of drug-likeness (QED) is 0.665. The first-order valence-corrected chi connectivity index (χ1v) is 7.99. The fraction of sp³-hybridized carbons (Fsp3) is 0.143. The van der Waals surface area contributed by atoms with Crippen LogP contribution in [0.5, 0.6) is 0 Å². The van der Waals surface area contributed by atoms with Crippen molar-refractivity contribution in [3.8, 4) is 17.2 Å². The summed E-state index contributed by atoms with van der Waals surface area (Å²) in [5.41, 5.74) is 7.33. The number of fused-ring (bicyclic) bond motifs is 2. The summed E-state index contributed by atoms with van der Waals surface area (Å²) in [6, 6.07) is 16.8. The second kappa shape index (κ2) is 5.90. The van der Waals surface area contributed by atoms with Crippen molar-refractivity contribution in [3.63, 3.8) is 0 Å². The van der Waals surface area contributed by atoms with Crippen LogP contribution < -0.4 is 0 Å². The predicted octanol–water partition coefficient (Wildman–Crippen LogP) is 4.45. The van der Waals surface area contributed by atoms with Crippen molar-refractivity contribution in [3.05, 3.63) is 88.5 Å². The molecule has 1 aliphatic carbocycles. The van der Waals surface area contributed by atoms with Gasteiger partial charge in [-0.05, 0) is 65.8 Å². The van der Waals surface area contributed by atoms with Gasteiger partial charge in [0.1, 0.15) is 5.82 Å². The molecule has 0 fully saturated rings. The van der Waals surface area contributed by atoms with Gasteiger partial charge in [0.15, 0.2) is 0 Å². The molecule has 2 aromatic carbocycles. The minimum absolute atomic E-state index is 0.237. The van der Waals surface area contributed by atoms with E-state index in [1.807, 2.05) is 18.3 Å². The van der Waals surface area contributed by atoms with Crippen molar-refractivity contribution in [1.29, 1.82) is 5.26 Å². The van der Waals surface area contributed by atoms with Crippen LogP contribution in [-0.4, -0.2) is 4.98 Å². The normalized spacial score (nSPS) is 12.7. The Morgan fingerprint density at radius 2 is 1.79 bits per heavy atom. The smallest absolute Gasteiger partial charge is 0.123 e. The zero-order valence-electron chi connectivity index (χ0n) is 13.1. The van der Waals surface area contributed by atoms with Crippen LogP contribution in [0.4, 0.5) is 4.39 Å². The minimum atomic E-state index is -0.237. The van der Waals surface area contributed by atoms with Gasteiger partial charge in [-0.25, -0.2) is 4.39 Å². The molecular formula is C21H15FN2. The highest BCUT2D eigenvalue weighted by molar-refractivity contribution is 5.64. The SMILES string of the molecule is N#Cc1cccc2c1CCc1ncc(-c3ccc(F)cc3)cc1C2. The predicted molar refractivity (Wildman–Crippen MR) is 91.0 cm³/mol. The van der Waals surface area contributed by atoms with Crippen LogP contribution in [0.2, 0.25) is 0 Å². The van der Waals surface area contributed by atoms with Crippen molar-refractivity contribution >= 4 is 0 Å². The van der Waals surface area contributed by atoms with Crippen LogP contribution in [0, 0.1) is 17.1 Å². The molecule has 3 heteroatoms. The maximum Gasteiger partial charge on any atom is 0.123 e. The van der Waals surface area contributed by atoms with Crippen LogP contribution >= 0.6 is 0 Å². The number of hydrogen-bond donors (Lipinski definition) is 0. The lowest BCUT2D eigenvalue weighted by Crippen LogP contribution is -1.97. The number of benzene rings is 2. The molecule has 24 heavy (non-hydrogen) atoms. The van der Waals surface area contributed by atoms with Gasteiger partial charge < -0.3 is 0 Å². The fourth-order valence-corrected chi connectivity index (χ4v) is 3.37. The lowest BCUT2D eigenvalue weighted by Gasteiger charge is -2.09. The molecule has 2 nitrogen and oxygen atoms in total. The molecular weight excluding hydrogens is 299 g/mol. The van der Waals surface area contributed by atoms with Gasteiger partial charge in [-0.2, -0.15) is 5.26 Å². The summed E-state index contributed by atoms with van der Waals surface area (Å²) in [6.45, 7) is 0. The number of nitrogens with zero attached hydrogens (tertiary/aromatic N) is 2. The topological polar surface area (TPSA) is 36.7 Å². The second-order valence-corrected chi connectivity index (χ2v) is 6.07. The molecule has 0 unspecified atom stereocenters. The molecule has 0 aliphatic heterocycles. The number of hydrogen-bond acceptors (Lipinski definition) is 2. The van der Waals surface area contributed by atoms with Crippen molar-refractivity contribution in [2.45, 2.75) is 19.3 Å². The lowest BCUT2D eigenvalue weighted by molar-refractivity contribution is 0.628. The van der Waals surface area contributed by atoms with Gasteiger partial charge in [-0.15, -0.1) is 0 Å². The van der Waals surface area contributed by atoms with Crippen LogP contribution in [0.3, 0.4) is 0 Å². The van der Waals surface area contributed by atoms with Gasteiger partial charge in [0.25, 0.3) is 0 Å². The number of rotatable bonds is 1. The van der Waals surface area contributed by atoms with Crippen LogP contribution in [0.15, 0.2) is 54.7 Å². The average Bonchev–Trinajstić information content (AvgIpc) is 2.80. The summed E-state index contributed by atoms with van der Waals surface area (Å²) < 4.78 is 13.1. The van der Waals surface area contributed by atoms with Gasteiger partial charge in [-0.1, -0.05) is 24.3 Å². The van der Waals surface area contributed by atoms with Crippen molar-refractivity contribution < 1.29 is 4.39 Å². The summed E-state index contributed by atoms with van der Waals surface area (Å²) in [4.78, 5) is 4.64. The molecule has 0 N–H and O–H groups in total. The van der Waals surface area contributed by atoms with Crippen molar-refractivity contribution in [1.82, 2.24) is 4.98 Å². The molecule has 4 rings (SSSR count). The third-order valence-electron chi connectivity index (χ3n) is 4.62. The van der Waals surface area contributed by atoms with Crippen LogP contribution in [-0.2, 0) is 19.3 Å². The van der Waals surface area contributed by atoms with Gasteiger partial charge in [0, 0.05) is 17.5 Å². The Hall–Kier alpha value is -2.99. The first-order chi connectivity index (χ1) is 11.7. The first kappa shape index (κ1) is 14.6. The Morgan fingerprint density at radius 1 is 0.958 bits per heavy atom. The van der Waals surface area contributed by atoms with E-state index < -0.39 is 0 Å². The third-order valence-corrected chi connectivity index (χ3v) is 4.62. The summed E-state index contributed by atoms with van der Waals surface area (Å²) >= 11 is 0. The lowest BCUT2D eigenvalue weighted by atomic mass is 9.96. The zero-order valence-corrected chi connectivity index (χ0v) is 13.1. The molecule has 1 aliphatic rings. The maximum atomic E-state index is 13.1. The summed E-state index contributed by atoms with van der Waals surface area (Å²) in [5, 5.41) is 9.32. The number of pyridine rings is 1. The number of halogens is 1. The maximum absolute atomic E-state index is 13.1. The van der Waals surface area contributed by atoms with Gasteiger partial charge in [-0.3, -0.25) is 4.98 Å². The van der Waals surface area contributed by atoms with E-state index in [0.717, 1.165) is 47.2 Å². The molecule has 0 radical (unpaired) electrons. The van der Waals surface area contributed by atoms with E-state index in [1.54, 1.807) is 12.1 Å². The highest BCUT2D eigenvalue weighted by Crippen LogP contribution is 2.28. The highest BCUT2D eigenvalue weighted by Gasteiger charge is 2.17. The minimum Gasteiger partial charge on any atom is -0.260 e. The van der Waals surface area contributed by atoms with E-state index in [2.05, 4.69) is 23.2 Å². The van der Waals surface area contributed by atoms with E-state index in [0.29, 0.717) is 0 Å². The Morgan fingerprint density at radius 3 is 2.58 bits per heavy atom. The monoisotopic (exact) mass is 314 g/mol. The van der Waals surface area contributed by atoms with E-state index >= 15 is 0 Å². The van der Waals surface area contributed by atoms with Crippen LogP contribution in [0.25, 0.3) is 11.1 Å². The second-order valence-electron chi connectivity index (χ2n) is 6.07. The van der Waals surface area contributed by atoms with Gasteiger partial charge in [0.05, 0.1) is 11.6 Å². The summed E-state index contributed by atoms with van der Waals surface area (Å²) in [6.07, 6.45) is 4.31. The third kappa shape index (κ3) is 2.57. The van der Waals surface area contributed by atoms with E-state index in [-0.39, 0.29) is 5.82 Å². The molecule has 0 atom stereocenters. The summed E-state index contributed by atoms with van der Waals surface area (Å²) in [7, 11) is 0. The largest absolute Gasteiger partial charge is 0.260 e. The molecule has 1 heterocycles. The Balaban J connectivity index is 1.77. The van der Waals surface area contributed by atoms with Gasteiger partial charge in [0.2, 0.25) is 0 Å². The van der Waals surface area contributed by atoms with Crippen molar-refractivity contribution in [2.75, 3.05) is 0 Å². The molecule has 1 aromatic heterocycles. The molecule has 3 aromatic rings. The van der Waals surface area contributed by atoms with E-state index in [1.165, 1.54) is 23.3 Å². The molecule has 0 amide bonds. The van der Waals surface area contributed by atoms with Gasteiger partial charge >= 0.3 is 0 Å². The molecule has 0 spiro atoms. The average molecular weight is 314 g/mol. The molecule has 0 saturated carbocycles. The Labute approximate surface area is 140 Å². The van der Waals surface area contributed by atoms with Crippen molar-refractivity contribution in [2.24, 2.45) is 0 Å². The first-order valence-electron chi connectivity index (χ1n) is 7.99. The highest BCUT2D eigenvalue weighted by atomic mass is 19.1. The Kier molecular flexibility index (Phi) is 3.59. The number of aromatic nitrogens is 1. The molecule has 0 saturated heterocycles. The molecule has 0 bridgehead atoms. The zero-order chi connectivity index (χ0) is 16.5. The van der Waals surface area contributed by atoms with E-state index in [9.17, 15) is 9.65 Å². The standard InChI is InChI=1S/C21H15FN2/c22-19-6-4-14(5-7-19)18-11-17-10-15-2-1-3-16(12-23)20(15)8-9-21(17)24-13-18/h1-7,11,13H,8-10H2. The Bertz CT molecular complexity index is 953. The molecule has 116 valence electrons. The fourth-order valence-electron chi connectivity index (χ4n) is 3.37. The van der Waals surface area contributed by atoms with Crippen LogP contribution in [0.1, 0.15) is 27.9 Å². The summed E-state index contributed by atoms with van der Waals surface area (Å²) in [5.74, 6) is -0.237.